The first kappa shape index (κ1) is 18.7. The fourth-order valence-electron chi connectivity index (χ4n) is 3.78. The van der Waals surface area contributed by atoms with E-state index in [1.54, 1.807) is 0 Å². The molecule has 3 nitrogen and oxygen atoms in total. The zero-order valence-electron chi connectivity index (χ0n) is 14.0. The number of benzene rings is 2. The van der Waals surface area contributed by atoms with E-state index in [-0.39, 0.29) is 12.0 Å². The summed E-state index contributed by atoms with van der Waals surface area (Å²) in [5.41, 5.74) is 3.55. The van der Waals surface area contributed by atoms with Crippen molar-refractivity contribution in [2.45, 2.75) is 31.1 Å². The van der Waals surface area contributed by atoms with Gasteiger partial charge in [-0.15, -0.1) is 0 Å². The van der Waals surface area contributed by atoms with Crippen molar-refractivity contribution >= 4 is 33.3 Å². The minimum Gasteiger partial charge on any atom is -0.270 e. The van der Waals surface area contributed by atoms with Gasteiger partial charge in [-0.1, -0.05) is 41.4 Å². The van der Waals surface area contributed by atoms with Crippen molar-refractivity contribution < 1.29 is 12.6 Å². The van der Waals surface area contributed by atoms with Crippen LogP contribution in [0.15, 0.2) is 42.5 Å². The molecule has 3 rings (SSSR count). The molecule has 1 aliphatic carbocycles. The quantitative estimate of drug-likeness (QED) is 0.508. The fourth-order valence-corrected chi connectivity index (χ4v) is 4.52. The van der Waals surface area contributed by atoms with E-state index in [9.17, 15) is 8.42 Å². The monoisotopic (exact) mass is 398 g/mol. The van der Waals surface area contributed by atoms with Crippen LogP contribution in [0.5, 0.6) is 0 Å². The Hall–Kier alpha value is -1.07. The molecule has 0 spiro atoms. The number of aryl methyl sites for hydroxylation is 1. The van der Waals surface area contributed by atoms with Crippen LogP contribution in [0.1, 0.15) is 36.0 Å². The predicted molar refractivity (Wildman–Crippen MR) is 102 cm³/mol. The molecule has 1 atom stereocenters. The summed E-state index contributed by atoms with van der Waals surface area (Å²) in [7, 11) is -3.41. The van der Waals surface area contributed by atoms with Crippen molar-refractivity contribution in [2.24, 2.45) is 0 Å². The molecular weight excluding hydrogens is 379 g/mol. The van der Waals surface area contributed by atoms with Crippen molar-refractivity contribution in [1.29, 1.82) is 0 Å². The van der Waals surface area contributed by atoms with Crippen molar-refractivity contribution in [2.75, 3.05) is 12.9 Å². The van der Waals surface area contributed by atoms with E-state index in [0.717, 1.165) is 30.5 Å². The van der Waals surface area contributed by atoms with Crippen LogP contribution in [0, 0.1) is 0 Å². The summed E-state index contributed by atoms with van der Waals surface area (Å²) in [6, 6.07) is 14.0. The maximum absolute atomic E-state index is 11.2. The Kier molecular flexibility index (Phi) is 5.45. The van der Waals surface area contributed by atoms with Crippen LogP contribution in [0.4, 0.5) is 0 Å². The molecule has 25 heavy (non-hydrogen) atoms. The minimum absolute atomic E-state index is 0.161. The molecule has 0 unspecified atom stereocenters. The number of rotatable bonds is 6. The van der Waals surface area contributed by atoms with Crippen LogP contribution >= 0.6 is 23.2 Å². The lowest BCUT2D eigenvalue weighted by Gasteiger charge is -2.31. The van der Waals surface area contributed by atoms with E-state index in [1.807, 2.05) is 24.3 Å². The van der Waals surface area contributed by atoms with E-state index in [4.69, 9.17) is 27.4 Å². The van der Waals surface area contributed by atoms with E-state index >= 15 is 0 Å². The first-order valence-corrected chi connectivity index (χ1v) is 10.8. The number of hydrogen-bond acceptors (Lipinski definition) is 3. The lowest BCUT2D eigenvalue weighted by atomic mass is 9.72. The summed E-state index contributed by atoms with van der Waals surface area (Å²) >= 11 is 12.2. The van der Waals surface area contributed by atoms with Gasteiger partial charge in [0.25, 0.3) is 10.1 Å². The lowest BCUT2D eigenvalue weighted by Crippen LogP contribution is -2.25. The Morgan fingerprint density at radius 1 is 1.08 bits per heavy atom. The van der Waals surface area contributed by atoms with Gasteiger partial charge in [-0.05, 0) is 66.6 Å². The molecule has 0 bridgehead atoms. The van der Waals surface area contributed by atoms with Gasteiger partial charge in [0, 0.05) is 15.5 Å². The topological polar surface area (TPSA) is 43.4 Å². The maximum Gasteiger partial charge on any atom is 0.264 e. The lowest BCUT2D eigenvalue weighted by molar-refractivity contribution is 0.294. The third-order valence-electron chi connectivity index (χ3n) is 4.85. The predicted octanol–water partition coefficient (Wildman–Crippen LogP) is 4.98. The second kappa shape index (κ2) is 7.28. The highest BCUT2D eigenvalue weighted by Crippen LogP contribution is 2.48. The highest BCUT2D eigenvalue weighted by molar-refractivity contribution is 7.85. The number of halogens is 2. The van der Waals surface area contributed by atoms with Gasteiger partial charge in [-0.3, -0.25) is 4.18 Å². The summed E-state index contributed by atoms with van der Waals surface area (Å²) in [4.78, 5) is 0. The van der Waals surface area contributed by atoms with Gasteiger partial charge < -0.3 is 0 Å². The fraction of sp³-hybridized carbons (Fsp3) is 0.368. The van der Waals surface area contributed by atoms with Gasteiger partial charge in [0.05, 0.1) is 12.9 Å². The average molecular weight is 399 g/mol. The van der Waals surface area contributed by atoms with Crippen LogP contribution in [0.2, 0.25) is 10.0 Å². The Bertz CT molecular complexity index is 863. The molecule has 2 aromatic carbocycles. The highest BCUT2D eigenvalue weighted by atomic mass is 35.5. The smallest absolute Gasteiger partial charge is 0.264 e. The first-order chi connectivity index (χ1) is 11.8. The van der Waals surface area contributed by atoms with Gasteiger partial charge in [0.1, 0.15) is 0 Å². The molecule has 0 amide bonds. The molecule has 0 heterocycles. The van der Waals surface area contributed by atoms with Crippen LogP contribution in [0.3, 0.4) is 0 Å². The molecule has 0 aromatic heterocycles. The second-order valence-corrected chi connectivity index (χ2v) is 9.04. The van der Waals surface area contributed by atoms with Gasteiger partial charge in [-0.2, -0.15) is 8.42 Å². The van der Waals surface area contributed by atoms with E-state index < -0.39 is 10.1 Å². The largest absolute Gasteiger partial charge is 0.270 e. The Labute approximate surface area is 159 Å². The van der Waals surface area contributed by atoms with Crippen molar-refractivity contribution in [3.63, 3.8) is 0 Å². The summed E-state index contributed by atoms with van der Waals surface area (Å²) in [5.74, 6) is 0. The van der Waals surface area contributed by atoms with E-state index in [1.165, 1.54) is 16.7 Å². The zero-order chi connectivity index (χ0) is 18.1. The molecule has 0 saturated carbocycles. The SMILES string of the molecule is CS(=O)(=O)OCCC[C@]1(c2ccc(Cl)cc2)CCc2cc(Cl)ccc21. The Morgan fingerprint density at radius 3 is 2.44 bits per heavy atom. The maximum atomic E-state index is 11.2. The second-order valence-electron chi connectivity index (χ2n) is 6.52. The van der Waals surface area contributed by atoms with Gasteiger partial charge in [0.15, 0.2) is 0 Å². The van der Waals surface area contributed by atoms with Gasteiger partial charge in [-0.25, -0.2) is 0 Å². The first-order valence-electron chi connectivity index (χ1n) is 8.19. The van der Waals surface area contributed by atoms with E-state index in [0.29, 0.717) is 11.4 Å². The zero-order valence-corrected chi connectivity index (χ0v) is 16.3. The molecule has 6 heteroatoms. The highest BCUT2D eigenvalue weighted by Gasteiger charge is 2.39. The normalized spacial score (nSPS) is 19.8. The Morgan fingerprint density at radius 2 is 1.76 bits per heavy atom. The van der Waals surface area contributed by atoms with Crippen LogP contribution in [-0.4, -0.2) is 21.3 Å². The van der Waals surface area contributed by atoms with Gasteiger partial charge in [0.2, 0.25) is 0 Å². The molecule has 0 saturated heterocycles. The molecule has 0 radical (unpaired) electrons. The third kappa shape index (κ3) is 4.20. The van der Waals surface area contributed by atoms with Crippen LogP contribution in [0.25, 0.3) is 0 Å². The standard InChI is InChI=1S/C19H20Cl2O3S/c1-25(22,23)24-12-2-10-19(15-3-5-16(20)6-4-15)11-9-14-13-17(21)7-8-18(14)19/h3-8,13H,2,9-12H2,1H3/t19-/m1/s1. The average Bonchev–Trinajstić information content (AvgIpc) is 2.90. The van der Waals surface area contributed by atoms with Crippen molar-refractivity contribution in [3.8, 4) is 0 Å². The molecule has 0 aliphatic heterocycles. The molecule has 0 fully saturated rings. The van der Waals surface area contributed by atoms with Crippen LogP contribution < -0.4 is 0 Å². The van der Waals surface area contributed by atoms with Gasteiger partial charge >= 0.3 is 0 Å². The number of hydrogen-bond donors (Lipinski definition) is 0. The summed E-state index contributed by atoms with van der Waals surface area (Å²) < 4.78 is 27.3. The summed E-state index contributed by atoms with van der Waals surface area (Å²) in [6.07, 6.45) is 4.44. The molecule has 134 valence electrons. The summed E-state index contributed by atoms with van der Waals surface area (Å²) in [5, 5.41) is 1.44. The van der Waals surface area contributed by atoms with Crippen molar-refractivity contribution in [1.82, 2.24) is 0 Å². The molecule has 1 aliphatic rings. The molecule has 0 N–H and O–H groups in total. The molecular formula is C19H20Cl2O3S. The van der Waals surface area contributed by atoms with Crippen LogP contribution in [-0.2, 0) is 26.1 Å². The minimum atomic E-state index is -3.41. The number of fused-ring (bicyclic) bond motifs is 1. The molecule has 2 aromatic rings. The Balaban J connectivity index is 1.92. The third-order valence-corrected chi connectivity index (χ3v) is 5.93. The summed E-state index contributed by atoms with van der Waals surface area (Å²) in [6.45, 7) is 0.192. The van der Waals surface area contributed by atoms with Crippen molar-refractivity contribution in [3.05, 3.63) is 69.2 Å². The van der Waals surface area contributed by atoms with E-state index in [2.05, 4.69) is 18.2 Å².